The van der Waals surface area contributed by atoms with Gasteiger partial charge in [-0.05, 0) is 35.7 Å². The highest BCUT2D eigenvalue weighted by atomic mass is 32.2. The SMILES string of the molecule is CC(C#N)S(=O)(=O)NCCc1ccsc1. The van der Waals surface area contributed by atoms with Crippen LogP contribution in [0.5, 0.6) is 0 Å². The minimum atomic E-state index is -3.47. The van der Waals surface area contributed by atoms with Crippen molar-refractivity contribution in [3.05, 3.63) is 22.4 Å². The summed E-state index contributed by atoms with van der Waals surface area (Å²) in [6.45, 7) is 1.71. The average molecular weight is 244 g/mol. The van der Waals surface area contributed by atoms with Crippen molar-refractivity contribution in [1.82, 2.24) is 4.72 Å². The quantitative estimate of drug-likeness (QED) is 0.844. The van der Waals surface area contributed by atoms with Gasteiger partial charge in [0, 0.05) is 6.54 Å². The zero-order valence-corrected chi connectivity index (χ0v) is 9.94. The molecule has 0 aliphatic carbocycles. The maximum absolute atomic E-state index is 11.4. The average Bonchev–Trinajstić information content (AvgIpc) is 2.69. The molecular formula is C9H12N2O2S2. The first-order chi connectivity index (χ1) is 7.06. The lowest BCUT2D eigenvalue weighted by molar-refractivity contribution is 0.577. The Labute approximate surface area is 93.6 Å². The summed E-state index contributed by atoms with van der Waals surface area (Å²) in [6, 6.07) is 3.65. The lowest BCUT2D eigenvalue weighted by Crippen LogP contribution is -2.33. The van der Waals surface area contributed by atoms with Crippen molar-refractivity contribution in [3.8, 4) is 6.07 Å². The van der Waals surface area contributed by atoms with Crippen molar-refractivity contribution >= 4 is 21.4 Å². The molecule has 0 bridgehead atoms. The van der Waals surface area contributed by atoms with Crippen LogP contribution in [-0.4, -0.2) is 20.2 Å². The molecule has 0 fully saturated rings. The number of nitriles is 1. The van der Waals surface area contributed by atoms with Gasteiger partial charge in [0.15, 0.2) is 5.25 Å². The van der Waals surface area contributed by atoms with Gasteiger partial charge in [0.1, 0.15) is 0 Å². The van der Waals surface area contributed by atoms with Crippen molar-refractivity contribution in [2.75, 3.05) is 6.54 Å². The molecule has 0 saturated heterocycles. The van der Waals surface area contributed by atoms with Crippen molar-refractivity contribution in [2.24, 2.45) is 0 Å². The molecular weight excluding hydrogens is 232 g/mol. The molecule has 0 amide bonds. The first-order valence-electron chi connectivity index (χ1n) is 4.45. The van der Waals surface area contributed by atoms with E-state index in [9.17, 15) is 8.42 Å². The Hall–Kier alpha value is -0.900. The second kappa shape index (κ2) is 5.26. The van der Waals surface area contributed by atoms with E-state index in [-0.39, 0.29) is 0 Å². The third-order valence-electron chi connectivity index (χ3n) is 1.94. The number of sulfonamides is 1. The zero-order chi connectivity index (χ0) is 11.3. The standard InChI is InChI=1S/C9H12N2O2S2/c1-8(6-10)15(12,13)11-4-2-9-3-5-14-7-9/h3,5,7-8,11H,2,4H2,1H3. The van der Waals surface area contributed by atoms with Crippen LogP contribution in [0.4, 0.5) is 0 Å². The fraction of sp³-hybridized carbons (Fsp3) is 0.444. The number of thiophene rings is 1. The summed E-state index contributed by atoms with van der Waals surface area (Å²) in [6.07, 6.45) is 0.654. The van der Waals surface area contributed by atoms with Crippen molar-refractivity contribution in [3.63, 3.8) is 0 Å². The van der Waals surface area contributed by atoms with Gasteiger partial charge in [0.05, 0.1) is 6.07 Å². The van der Waals surface area contributed by atoms with Crippen LogP contribution in [0.15, 0.2) is 16.8 Å². The summed E-state index contributed by atoms with van der Waals surface area (Å²) in [7, 11) is -3.47. The van der Waals surface area contributed by atoms with E-state index in [0.717, 1.165) is 5.56 Å². The second-order valence-corrected chi connectivity index (χ2v) is 5.96. The van der Waals surface area contributed by atoms with Gasteiger partial charge in [-0.2, -0.15) is 16.6 Å². The molecule has 1 heterocycles. The summed E-state index contributed by atoms with van der Waals surface area (Å²) < 4.78 is 25.1. The molecule has 1 aromatic heterocycles. The van der Waals surface area contributed by atoms with E-state index >= 15 is 0 Å². The first kappa shape index (κ1) is 12.2. The van der Waals surface area contributed by atoms with E-state index in [1.54, 1.807) is 17.4 Å². The summed E-state index contributed by atoms with van der Waals surface area (Å²) in [5, 5.41) is 11.4. The lowest BCUT2D eigenvalue weighted by atomic mass is 10.2. The maximum Gasteiger partial charge on any atom is 0.227 e. The molecule has 82 valence electrons. The fourth-order valence-corrected chi connectivity index (χ4v) is 2.45. The molecule has 6 heteroatoms. The predicted octanol–water partition coefficient (Wildman–Crippen LogP) is 1.12. The molecule has 0 spiro atoms. The molecule has 15 heavy (non-hydrogen) atoms. The molecule has 0 aromatic carbocycles. The van der Waals surface area contributed by atoms with Crippen LogP contribution >= 0.6 is 11.3 Å². The Bertz CT molecular complexity index is 431. The topological polar surface area (TPSA) is 70.0 Å². The Morgan fingerprint density at radius 1 is 1.67 bits per heavy atom. The minimum absolute atomic E-state index is 0.338. The number of nitrogens with zero attached hydrogens (tertiary/aromatic N) is 1. The van der Waals surface area contributed by atoms with Gasteiger partial charge in [-0.3, -0.25) is 0 Å². The number of hydrogen-bond acceptors (Lipinski definition) is 4. The van der Waals surface area contributed by atoms with E-state index in [1.807, 2.05) is 16.8 Å². The van der Waals surface area contributed by atoms with Crippen molar-refractivity contribution in [2.45, 2.75) is 18.6 Å². The number of nitrogens with one attached hydrogen (secondary N) is 1. The monoisotopic (exact) mass is 244 g/mol. The van der Waals surface area contributed by atoms with E-state index in [0.29, 0.717) is 13.0 Å². The highest BCUT2D eigenvalue weighted by molar-refractivity contribution is 7.90. The van der Waals surface area contributed by atoms with Gasteiger partial charge in [-0.1, -0.05) is 0 Å². The molecule has 4 nitrogen and oxygen atoms in total. The van der Waals surface area contributed by atoms with Gasteiger partial charge in [0.2, 0.25) is 10.0 Å². The normalized spacial score (nSPS) is 13.3. The summed E-state index contributed by atoms with van der Waals surface area (Å²) in [5.41, 5.74) is 1.10. The Kier molecular flexibility index (Phi) is 4.27. The first-order valence-corrected chi connectivity index (χ1v) is 6.94. The summed E-state index contributed by atoms with van der Waals surface area (Å²) >= 11 is 1.58. The highest BCUT2D eigenvalue weighted by Gasteiger charge is 2.18. The summed E-state index contributed by atoms with van der Waals surface area (Å²) in [5.74, 6) is 0. The van der Waals surface area contributed by atoms with Gasteiger partial charge >= 0.3 is 0 Å². The van der Waals surface area contributed by atoms with Crippen LogP contribution in [0.3, 0.4) is 0 Å². The molecule has 0 aliphatic rings. The lowest BCUT2D eigenvalue weighted by Gasteiger charge is -2.06. The van der Waals surface area contributed by atoms with Crippen molar-refractivity contribution < 1.29 is 8.42 Å². The van der Waals surface area contributed by atoms with Crippen LogP contribution in [0.25, 0.3) is 0 Å². The number of rotatable bonds is 5. The Balaban J connectivity index is 2.42. The third-order valence-corrected chi connectivity index (χ3v) is 4.32. The van der Waals surface area contributed by atoms with Gasteiger partial charge in [-0.25, -0.2) is 13.1 Å². The molecule has 1 aromatic rings. The molecule has 1 N–H and O–H groups in total. The largest absolute Gasteiger partial charge is 0.227 e. The van der Waals surface area contributed by atoms with Crippen LogP contribution in [0.1, 0.15) is 12.5 Å². The smallest absolute Gasteiger partial charge is 0.214 e. The zero-order valence-electron chi connectivity index (χ0n) is 8.30. The Morgan fingerprint density at radius 2 is 2.40 bits per heavy atom. The number of hydrogen-bond donors (Lipinski definition) is 1. The predicted molar refractivity (Wildman–Crippen MR) is 60.0 cm³/mol. The Morgan fingerprint density at radius 3 is 2.93 bits per heavy atom. The molecule has 0 saturated carbocycles. The van der Waals surface area contributed by atoms with Crippen LogP contribution in [0.2, 0.25) is 0 Å². The highest BCUT2D eigenvalue weighted by Crippen LogP contribution is 2.06. The molecule has 1 atom stereocenters. The van der Waals surface area contributed by atoms with Gasteiger partial charge in [-0.15, -0.1) is 0 Å². The van der Waals surface area contributed by atoms with E-state index < -0.39 is 15.3 Å². The molecule has 0 aliphatic heterocycles. The van der Waals surface area contributed by atoms with Crippen LogP contribution < -0.4 is 4.72 Å². The third kappa shape index (κ3) is 3.63. The minimum Gasteiger partial charge on any atom is -0.214 e. The van der Waals surface area contributed by atoms with Crippen molar-refractivity contribution in [1.29, 1.82) is 5.26 Å². The molecule has 1 unspecified atom stereocenters. The van der Waals surface area contributed by atoms with Crippen LogP contribution in [0, 0.1) is 11.3 Å². The van der Waals surface area contributed by atoms with E-state index in [2.05, 4.69) is 4.72 Å². The fourth-order valence-electron chi connectivity index (χ4n) is 0.967. The summed E-state index contributed by atoms with van der Waals surface area (Å²) in [4.78, 5) is 0. The van der Waals surface area contributed by atoms with Crippen LogP contribution in [-0.2, 0) is 16.4 Å². The van der Waals surface area contributed by atoms with E-state index in [1.165, 1.54) is 6.92 Å². The maximum atomic E-state index is 11.4. The van der Waals surface area contributed by atoms with Gasteiger partial charge < -0.3 is 0 Å². The second-order valence-electron chi connectivity index (χ2n) is 3.09. The van der Waals surface area contributed by atoms with E-state index in [4.69, 9.17) is 5.26 Å². The molecule has 1 rings (SSSR count). The van der Waals surface area contributed by atoms with Gasteiger partial charge in [0.25, 0.3) is 0 Å². The molecule has 0 radical (unpaired) electrons.